The summed E-state index contributed by atoms with van der Waals surface area (Å²) >= 11 is 0. The van der Waals surface area contributed by atoms with Gasteiger partial charge in [0.15, 0.2) is 5.75 Å². The van der Waals surface area contributed by atoms with Crippen LogP contribution in [-0.4, -0.2) is 112 Å². The van der Waals surface area contributed by atoms with Crippen LogP contribution in [0.2, 0.25) is 0 Å². The number of esters is 1. The Bertz CT molecular complexity index is 2310. The molecular weight excluding hydrogens is 785 g/mol. The Kier molecular flexibility index (Phi) is 13.1. The van der Waals surface area contributed by atoms with Gasteiger partial charge in [-0.05, 0) is 32.3 Å². The number of likely N-dealkylation sites (tertiary alicyclic amines) is 1. The highest BCUT2D eigenvalue weighted by Gasteiger charge is 2.50. The van der Waals surface area contributed by atoms with Gasteiger partial charge in [0.2, 0.25) is 0 Å². The average molecular weight is 847 g/mol. The monoisotopic (exact) mass is 846 g/mol. The molecule has 0 aromatic heterocycles. The Morgan fingerprint density at radius 3 is 2.38 bits per heavy atom. The molecule has 1 spiro atoms. The summed E-state index contributed by atoms with van der Waals surface area (Å²) in [6.45, 7) is 19.8. The van der Waals surface area contributed by atoms with E-state index < -0.39 is 82.8 Å². The Labute approximate surface area is 356 Å². The third kappa shape index (κ3) is 8.54. The van der Waals surface area contributed by atoms with E-state index in [1.54, 1.807) is 59.8 Å². The zero-order chi connectivity index (χ0) is 44.9. The van der Waals surface area contributed by atoms with Crippen molar-refractivity contribution in [1.29, 1.82) is 0 Å². The van der Waals surface area contributed by atoms with Crippen LogP contribution in [0.15, 0.2) is 46.1 Å². The lowest BCUT2D eigenvalue weighted by molar-refractivity contribution is -0.160. The number of aromatic hydroxyl groups is 2. The summed E-state index contributed by atoms with van der Waals surface area (Å²) in [6.07, 6.45) is 4.62. The van der Waals surface area contributed by atoms with E-state index >= 15 is 0 Å². The van der Waals surface area contributed by atoms with Crippen molar-refractivity contribution in [3.8, 4) is 17.2 Å². The van der Waals surface area contributed by atoms with Crippen LogP contribution in [0.3, 0.4) is 0 Å². The number of ether oxygens (including phenoxy) is 4. The first kappa shape index (κ1) is 45.7. The molecule has 1 amide bonds. The van der Waals surface area contributed by atoms with Crippen LogP contribution in [0.25, 0.3) is 10.8 Å². The second kappa shape index (κ2) is 17.5. The van der Waals surface area contributed by atoms with Gasteiger partial charge in [-0.25, -0.2) is 4.99 Å². The Hall–Kier alpha value is -4.83. The lowest BCUT2D eigenvalue weighted by atomic mass is 9.78. The molecule has 15 nitrogen and oxygen atoms in total. The van der Waals surface area contributed by atoms with Crippen molar-refractivity contribution in [2.75, 3.05) is 38.6 Å². The maximum Gasteiger partial charge on any atom is 0.312 e. The van der Waals surface area contributed by atoms with Crippen molar-refractivity contribution < 1.29 is 53.8 Å². The third-order valence-corrected chi connectivity index (χ3v) is 12.9. The SMILES string of the molecule is CO[C@H]1/C=C/O[C@@]2(C)Oc3c(C)c(O)c4c(O)c(c5c(c4c3C2=O)NC2(CCN(CC(C)C)C2)CN=5)=NC(=O)/C(C)=C\C=C\[C@H](C)[C@H](O)[C@@H](C)[C@@H](O)[C@@H](C)[C@H](OC(C)=O)C1C. The number of Topliss-reactive ketones (excluding diaryl/α,β-unsaturated/α-hetero) is 1. The van der Waals surface area contributed by atoms with Gasteiger partial charge in [0.05, 0.1) is 53.3 Å². The number of carbonyl (C=O) groups is 3. The molecule has 5 N–H and O–H groups in total. The molecule has 4 aliphatic heterocycles. The topological polar surface area (TPSA) is 209 Å². The zero-order valence-electron chi connectivity index (χ0n) is 37.1. The summed E-state index contributed by atoms with van der Waals surface area (Å²) in [7, 11) is 1.47. The van der Waals surface area contributed by atoms with Crippen LogP contribution in [-0.2, 0) is 23.8 Å². The van der Waals surface area contributed by atoms with Crippen molar-refractivity contribution in [2.24, 2.45) is 39.6 Å². The smallest absolute Gasteiger partial charge is 0.312 e. The van der Waals surface area contributed by atoms with E-state index in [2.05, 4.69) is 29.1 Å². The third-order valence-electron chi connectivity index (χ3n) is 12.9. The van der Waals surface area contributed by atoms with Gasteiger partial charge >= 0.3 is 11.8 Å². The summed E-state index contributed by atoms with van der Waals surface area (Å²) in [4.78, 5) is 52.7. The highest BCUT2D eigenvalue weighted by atomic mass is 16.7. The average Bonchev–Trinajstić information content (AvgIpc) is 3.71. The molecule has 6 rings (SSSR count). The van der Waals surface area contributed by atoms with E-state index in [1.807, 2.05) is 0 Å². The van der Waals surface area contributed by atoms with Crippen LogP contribution in [0.4, 0.5) is 5.69 Å². The summed E-state index contributed by atoms with van der Waals surface area (Å²) in [6, 6.07) is 0. The summed E-state index contributed by atoms with van der Waals surface area (Å²) < 4.78 is 24.0. The number of carbonyl (C=O) groups excluding carboxylic acids is 3. The number of phenols is 2. The Balaban J connectivity index is 1.57. The highest BCUT2D eigenvalue weighted by Crippen LogP contribution is 2.51. The maximum atomic E-state index is 14.8. The van der Waals surface area contributed by atoms with Gasteiger partial charge < -0.3 is 49.6 Å². The second-order valence-electron chi connectivity index (χ2n) is 18.1. The van der Waals surface area contributed by atoms with E-state index in [1.165, 1.54) is 33.3 Å². The van der Waals surface area contributed by atoms with E-state index in [4.69, 9.17) is 23.9 Å². The van der Waals surface area contributed by atoms with Gasteiger partial charge in [0.1, 0.15) is 28.3 Å². The van der Waals surface area contributed by atoms with E-state index in [9.17, 15) is 34.8 Å². The number of methoxy groups -OCH3 is 1. The molecule has 4 aliphatic rings. The Morgan fingerprint density at radius 2 is 1.72 bits per heavy atom. The lowest BCUT2D eigenvalue weighted by Gasteiger charge is -2.38. The zero-order valence-corrected chi connectivity index (χ0v) is 37.1. The van der Waals surface area contributed by atoms with E-state index in [0.717, 1.165) is 19.5 Å². The van der Waals surface area contributed by atoms with Gasteiger partial charge in [0, 0.05) is 80.8 Å². The van der Waals surface area contributed by atoms with Crippen molar-refractivity contribution in [2.45, 2.75) is 111 Å². The summed E-state index contributed by atoms with van der Waals surface area (Å²) in [5.74, 6) is -6.62. The van der Waals surface area contributed by atoms with Crippen LogP contribution in [0.1, 0.15) is 84.7 Å². The van der Waals surface area contributed by atoms with Crippen molar-refractivity contribution in [1.82, 2.24) is 4.90 Å². The van der Waals surface area contributed by atoms with E-state index in [-0.39, 0.29) is 49.7 Å². The fraction of sp³-hybridized carbons (Fsp3) is 0.587. The number of allylic oxidation sites excluding steroid dienone is 2. The number of fused-ring (bicyclic) bond motifs is 1. The molecule has 2 aromatic carbocycles. The molecule has 2 aromatic rings. The van der Waals surface area contributed by atoms with E-state index in [0.29, 0.717) is 24.7 Å². The quantitative estimate of drug-likeness (QED) is 0.214. The van der Waals surface area contributed by atoms with Gasteiger partial charge in [-0.2, -0.15) is 0 Å². The van der Waals surface area contributed by atoms with Gasteiger partial charge in [-0.1, -0.05) is 59.8 Å². The lowest BCUT2D eigenvalue weighted by Crippen LogP contribution is -2.51. The molecule has 10 atom stereocenters. The molecule has 4 bridgehead atoms. The van der Waals surface area contributed by atoms with Gasteiger partial charge in [-0.3, -0.25) is 19.4 Å². The number of anilines is 1. The summed E-state index contributed by atoms with van der Waals surface area (Å²) in [5, 5.41) is 50.6. The molecule has 15 heteroatoms. The molecule has 0 aliphatic carbocycles. The van der Waals surface area contributed by atoms with Crippen molar-refractivity contribution in [3.63, 3.8) is 0 Å². The normalized spacial score (nSPS) is 34.2. The van der Waals surface area contributed by atoms with Crippen LogP contribution in [0, 0.1) is 36.5 Å². The largest absolute Gasteiger partial charge is 0.507 e. The number of nitrogens with one attached hydrogen (secondary N) is 1. The fourth-order valence-corrected chi connectivity index (χ4v) is 9.35. The highest BCUT2D eigenvalue weighted by molar-refractivity contribution is 6.21. The first-order valence-electron chi connectivity index (χ1n) is 21.2. The number of aliphatic hydroxyl groups is 2. The maximum absolute atomic E-state index is 14.8. The molecule has 0 radical (unpaired) electrons. The van der Waals surface area contributed by atoms with Crippen LogP contribution >= 0.6 is 0 Å². The number of benzene rings is 2. The van der Waals surface area contributed by atoms with Crippen molar-refractivity contribution in [3.05, 3.63) is 58.0 Å². The number of rotatable bonds is 4. The Morgan fingerprint density at radius 1 is 1.02 bits per heavy atom. The van der Waals surface area contributed by atoms with Crippen LogP contribution < -0.4 is 20.8 Å². The first-order valence-corrected chi connectivity index (χ1v) is 21.2. The number of amides is 1. The standard InChI is InChI=1S/C46H62N4O11/c1-22(2)19-50-17-16-46(21-50)20-47-35-34(49-46)31-32-39(54)28(8)42-33(31)43(56)45(10,61-42)59-18-15-30(58-11)25(5)41(60-29(9)51)27(7)38(53)26(6)37(52)23(3)13-12-14-24(4)44(57)48-36(35)40(32)55/h12-15,18,22-23,25-27,30,37-38,41,49,52-55H,16-17,19-21H2,1-11H3/b13-12+,18-15+,24-14-,48-36?/t23-,25?,26+,27+,30-,37-,38+,41+,45-,46?/m0/s1. The predicted octanol–water partition coefficient (Wildman–Crippen LogP) is 4.40. The van der Waals surface area contributed by atoms with Crippen LogP contribution in [0.5, 0.6) is 17.2 Å². The predicted molar refractivity (Wildman–Crippen MR) is 228 cm³/mol. The molecular formula is C46H62N4O11. The molecule has 61 heavy (non-hydrogen) atoms. The minimum Gasteiger partial charge on any atom is -0.507 e. The van der Waals surface area contributed by atoms with Crippen molar-refractivity contribution >= 4 is 34.1 Å². The molecule has 1 fully saturated rings. The minimum absolute atomic E-state index is 0.0536. The molecule has 2 unspecified atom stereocenters. The first-order chi connectivity index (χ1) is 28.6. The van der Waals surface area contributed by atoms with Gasteiger partial charge in [0.25, 0.3) is 11.7 Å². The number of nitrogens with zero attached hydrogens (tertiary/aromatic N) is 3. The number of aliphatic hydroxyl groups excluding tert-OH is 2. The molecule has 1 saturated heterocycles. The number of phenolic OH excluding ortho intramolecular Hbond substituents is 2. The number of ketones is 1. The summed E-state index contributed by atoms with van der Waals surface area (Å²) in [5.41, 5.74) is 0.180. The molecule has 4 heterocycles. The minimum atomic E-state index is -1.96. The molecule has 0 saturated carbocycles. The fourth-order valence-electron chi connectivity index (χ4n) is 9.35. The number of hydrogen-bond acceptors (Lipinski definition) is 14. The number of hydrogen-bond donors (Lipinski definition) is 5. The molecule has 332 valence electrons. The van der Waals surface area contributed by atoms with Gasteiger partial charge in [-0.15, -0.1) is 0 Å². The second-order valence-corrected chi connectivity index (χ2v) is 18.1.